The number of anilines is 1. The first-order valence-corrected chi connectivity index (χ1v) is 7.88. The van der Waals surface area contributed by atoms with E-state index in [0.29, 0.717) is 5.56 Å². The van der Waals surface area contributed by atoms with Gasteiger partial charge in [-0.25, -0.2) is 9.37 Å². The van der Waals surface area contributed by atoms with E-state index in [1.807, 2.05) is 0 Å². The van der Waals surface area contributed by atoms with Gasteiger partial charge >= 0.3 is 12.1 Å². The lowest BCUT2D eigenvalue weighted by molar-refractivity contribution is -0.157. The predicted molar refractivity (Wildman–Crippen MR) is 90.8 cm³/mol. The maximum absolute atomic E-state index is 14.4. The molecule has 140 valence electrons. The number of halogens is 4. The highest BCUT2D eigenvalue weighted by Gasteiger charge is 2.38. The third-order valence-electron chi connectivity index (χ3n) is 3.91. The second-order valence-corrected chi connectivity index (χ2v) is 5.89. The number of carbonyl (C=O) groups is 1. The lowest BCUT2D eigenvalue weighted by Gasteiger charge is -2.09. The molecule has 8 heteroatoms. The van der Waals surface area contributed by atoms with Crippen molar-refractivity contribution in [3.05, 3.63) is 71.1 Å². The van der Waals surface area contributed by atoms with Gasteiger partial charge in [-0.2, -0.15) is 13.2 Å². The Morgan fingerprint density at radius 2 is 1.81 bits per heavy atom. The van der Waals surface area contributed by atoms with Crippen LogP contribution in [0.5, 0.6) is 0 Å². The molecule has 2 aromatic carbocycles. The van der Waals surface area contributed by atoms with E-state index in [-0.39, 0.29) is 22.7 Å². The maximum atomic E-state index is 14.4. The number of nitrogens with one attached hydrogen (secondary N) is 1. The predicted octanol–water partition coefficient (Wildman–Crippen LogP) is 5.37. The number of aromatic nitrogens is 1. The van der Waals surface area contributed by atoms with E-state index in [1.165, 1.54) is 19.1 Å². The minimum absolute atomic E-state index is 0.152. The van der Waals surface area contributed by atoms with E-state index in [0.717, 1.165) is 11.6 Å². The number of oxazole rings is 1. The van der Waals surface area contributed by atoms with Gasteiger partial charge in [0.15, 0.2) is 0 Å². The molecule has 27 heavy (non-hydrogen) atoms. The Bertz CT molecular complexity index is 1010. The van der Waals surface area contributed by atoms with Gasteiger partial charge in [0.2, 0.25) is 0 Å². The Morgan fingerprint density at radius 1 is 1.11 bits per heavy atom. The number of benzene rings is 2. The number of alkyl halides is 3. The monoisotopic (exact) mass is 378 g/mol. The van der Waals surface area contributed by atoms with E-state index in [1.54, 1.807) is 31.2 Å². The largest absolute Gasteiger partial charge is 0.468 e. The summed E-state index contributed by atoms with van der Waals surface area (Å²) in [5.41, 5.74) is 0.966. The number of aryl methyl sites for hydroxylation is 2. The van der Waals surface area contributed by atoms with Crippen molar-refractivity contribution in [3.63, 3.8) is 0 Å². The Balaban J connectivity index is 1.88. The summed E-state index contributed by atoms with van der Waals surface area (Å²) in [5.74, 6) is -2.84. The molecule has 0 aliphatic rings. The van der Waals surface area contributed by atoms with Gasteiger partial charge in [0.25, 0.3) is 5.91 Å². The molecule has 0 atom stereocenters. The maximum Gasteiger partial charge on any atom is 0.468 e. The second-order valence-electron chi connectivity index (χ2n) is 5.89. The van der Waals surface area contributed by atoms with Gasteiger partial charge in [0.05, 0.1) is 0 Å². The lowest BCUT2D eigenvalue weighted by atomic mass is 10.1. The molecule has 1 N–H and O–H groups in total. The average molecular weight is 378 g/mol. The van der Waals surface area contributed by atoms with Gasteiger partial charge in [0.1, 0.15) is 17.3 Å². The smallest absolute Gasteiger partial charge is 0.438 e. The summed E-state index contributed by atoms with van der Waals surface area (Å²) in [5, 5.41) is 2.56. The third-order valence-corrected chi connectivity index (χ3v) is 3.91. The Kier molecular flexibility index (Phi) is 4.73. The molecule has 0 fully saturated rings. The minimum Gasteiger partial charge on any atom is -0.438 e. The first-order valence-electron chi connectivity index (χ1n) is 7.88. The molecule has 0 radical (unpaired) electrons. The zero-order valence-electron chi connectivity index (χ0n) is 14.3. The normalized spacial score (nSPS) is 11.5. The zero-order valence-corrected chi connectivity index (χ0v) is 14.3. The van der Waals surface area contributed by atoms with Crippen molar-refractivity contribution in [3.8, 4) is 11.3 Å². The molecule has 1 aromatic heterocycles. The molecule has 0 aliphatic heterocycles. The van der Waals surface area contributed by atoms with Crippen LogP contribution in [0.4, 0.5) is 23.2 Å². The standard InChI is InChI=1S/C19H14F4N2O2/c1-10-5-3-4-6-13(10)17(26)24-12-7-8-14(15(20)9-12)16-11(2)27-18(25-16)19(21,22)23/h3-9H,1-2H3,(H,24,26). The zero-order chi connectivity index (χ0) is 19.8. The number of nitrogens with zero attached hydrogens (tertiary/aromatic N) is 1. The molecule has 0 saturated carbocycles. The second kappa shape index (κ2) is 6.86. The topological polar surface area (TPSA) is 55.1 Å². The fraction of sp³-hybridized carbons (Fsp3) is 0.158. The number of carbonyl (C=O) groups excluding carboxylic acids is 1. The summed E-state index contributed by atoms with van der Waals surface area (Å²) in [7, 11) is 0. The Labute approximate surface area is 151 Å². The lowest BCUT2D eigenvalue weighted by Crippen LogP contribution is -2.13. The minimum atomic E-state index is -4.76. The number of hydrogen-bond acceptors (Lipinski definition) is 3. The van der Waals surface area contributed by atoms with Crippen LogP contribution in [0, 0.1) is 19.7 Å². The van der Waals surface area contributed by atoms with Crippen LogP contribution >= 0.6 is 0 Å². The van der Waals surface area contributed by atoms with Crippen molar-refractivity contribution in [2.45, 2.75) is 20.0 Å². The van der Waals surface area contributed by atoms with Crippen molar-refractivity contribution in [2.75, 3.05) is 5.32 Å². The van der Waals surface area contributed by atoms with Crippen LogP contribution in [0.1, 0.15) is 27.6 Å². The molecule has 0 unspecified atom stereocenters. The summed E-state index contributed by atoms with van der Waals surface area (Å²) < 4.78 is 57.1. The first kappa shape index (κ1) is 18.6. The molecule has 0 aliphatic carbocycles. The van der Waals surface area contributed by atoms with Gasteiger partial charge in [-0.05, 0) is 43.7 Å². The summed E-state index contributed by atoms with van der Waals surface area (Å²) in [4.78, 5) is 15.6. The van der Waals surface area contributed by atoms with Crippen molar-refractivity contribution >= 4 is 11.6 Å². The van der Waals surface area contributed by atoms with Gasteiger partial charge in [-0.3, -0.25) is 4.79 Å². The highest BCUT2D eigenvalue weighted by Crippen LogP contribution is 2.34. The van der Waals surface area contributed by atoms with Crippen molar-refractivity contribution in [1.82, 2.24) is 4.98 Å². The van der Waals surface area contributed by atoms with Crippen LogP contribution < -0.4 is 5.32 Å². The molecular formula is C19H14F4N2O2. The molecule has 4 nitrogen and oxygen atoms in total. The summed E-state index contributed by atoms with van der Waals surface area (Å²) in [6, 6.07) is 10.5. The van der Waals surface area contributed by atoms with E-state index < -0.39 is 23.8 Å². The third kappa shape index (κ3) is 3.84. The number of hydrogen-bond donors (Lipinski definition) is 1. The average Bonchev–Trinajstić information content (AvgIpc) is 2.97. The summed E-state index contributed by atoms with van der Waals surface area (Å²) in [6.07, 6.45) is -4.76. The number of rotatable bonds is 3. The van der Waals surface area contributed by atoms with Crippen molar-refractivity contribution in [1.29, 1.82) is 0 Å². The molecule has 0 bridgehead atoms. The summed E-state index contributed by atoms with van der Waals surface area (Å²) in [6.45, 7) is 3.04. The van der Waals surface area contributed by atoms with E-state index >= 15 is 0 Å². The van der Waals surface area contributed by atoms with Gasteiger partial charge < -0.3 is 9.73 Å². The molecule has 0 saturated heterocycles. The Hall–Kier alpha value is -3.16. The van der Waals surface area contributed by atoms with Crippen molar-refractivity contribution < 1.29 is 26.8 Å². The highest BCUT2D eigenvalue weighted by molar-refractivity contribution is 6.05. The SMILES string of the molecule is Cc1ccccc1C(=O)Nc1ccc(-c2nc(C(F)(F)F)oc2C)c(F)c1. The quantitative estimate of drug-likeness (QED) is 0.624. The fourth-order valence-electron chi connectivity index (χ4n) is 2.58. The molecular weight excluding hydrogens is 364 g/mol. The van der Waals surface area contributed by atoms with E-state index in [9.17, 15) is 22.4 Å². The van der Waals surface area contributed by atoms with Gasteiger partial charge in [-0.1, -0.05) is 18.2 Å². The number of amides is 1. The summed E-state index contributed by atoms with van der Waals surface area (Å²) >= 11 is 0. The van der Waals surface area contributed by atoms with Crippen molar-refractivity contribution in [2.24, 2.45) is 0 Å². The van der Waals surface area contributed by atoms with Crippen LogP contribution in [-0.4, -0.2) is 10.9 Å². The van der Waals surface area contributed by atoms with Crippen LogP contribution in [-0.2, 0) is 6.18 Å². The van der Waals surface area contributed by atoms with Crippen LogP contribution in [0.2, 0.25) is 0 Å². The molecule has 1 heterocycles. The van der Waals surface area contributed by atoms with Gasteiger partial charge in [-0.15, -0.1) is 0 Å². The molecule has 0 spiro atoms. The van der Waals surface area contributed by atoms with Gasteiger partial charge in [0, 0.05) is 16.8 Å². The van der Waals surface area contributed by atoms with Crippen LogP contribution in [0.25, 0.3) is 11.3 Å². The fourth-order valence-corrected chi connectivity index (χ4v) is 2.58. The first-order chi connectivity index (χ1) is 12.7. The van der Waals surface area contributed by atoms with Crippen LogP contribution in [0.15, 0.2) is 46.9 Å². The van der Waals surface area contributed by atoms with Crippen LogP contribution in [0.3, 0.4) is 0 Å². The highest BCUT2D eigenvalue weighted by atomic mass is 19.4. The molecule has 3 rings (SSSR count). The van der Waals surface area contributed by atoms with E-state index in [4.69, 9.17) is 0 Å². The van der Waals surface area contributed by atoms with E-state index in [2.05, 4.69) is 14.7 Å². The Morgan fingerprint density at radius 3 is 2.41 bits per heavy atom. The molecule has 3 aromatic rings. The molecule has 1 amide bonds.